The molecule has 1 aromatic carbocycles. The molecule has 0 unspecified atom stereocenters. The summed E-state index contributed by atoms with van der Waals surface area (Å²) in [6.45, 7) is 7.83. The maximum Gasteiger partial charge on any atom is 0.295 e. The lowest BCUT2D eigenvalue weighted by atomic mass is 9.96. The Morgan fingerprint density at radius 2 is 1.82 bits per heavy atom. The third kappa shape index (κ3) is 4.97. The number of benzene rings is 1. The number of aromatic nitrogens is 1. The molecule has 4 rings (SSSR count). The molecule has 1 atom stereocenters. The van der Waals surface area contributed by atoms with E-state index in [2.05, 4.69) is 16.5 Å². The molecule has 0 spiro atoms. The van der Waals surface area contributed by atoms with Crippen molar-refractivity contribution in [3.63, 3.8) is 0 Å². The van der Waals surface area contributed by atoms with E-state index in [4.69, 9.17) is 9.47 Å². The first-order valence-corrected chi connectivity index (χ1v) is 10.9. The van der Waals surface area contributed by atoms with Gasteiger partial charge in [-0.3, -0.25) is 19.5 Å². The molecule has 2 aliphatic heterocycles. The van der Waals surface area contributed by atoms with Crippen molar-refractivity contribution < 1.29 is 24.2 Å². The van der Waals surface area contributed by atoms with Crippen molar-refractivity contribution >= 4 is 17.4 Å². The van der Waals surface area contributed by atoms with Gasteiger partial charge in [0.1, 0.15) is 18.1 Å². The fraction of sp³-hybridized carbons (Fsp3) is 0.320. The lowest BCUT2D eigenvalue weighted by Gasteiger charge is -2.30. The van der Waals surface area contributed by atoms with Crippen molar-refractivity contribution in [2.45, 2.75) is 6.04 Å². The zero-order valence-corrected chi connectivity index (χ0v) is 18.4. The van der Waals surface area contributed by atoms with Crippen LogP contribution in [0.5, 0.6) is 5.75 Å². The molecule has 172 valence electrons. The van der Waals surface area contributed by atoms with Gasteiger partial charge in [-0.05, 0) is 42.0 Å². The number of aliphatic hydroxyl groups excluding tert-OH is 1. The molecular weight excluding hydrogens is 422 g/mol. The average molecular weight is 450 g/mol. The van der Waals surface area contributed by atoms with E-state index in [0.717, 1.165) is 18.7 Å². The van der Waals surface area contributed by atoms with Crippen LogP contribution in [0.3, 0.4) is 0 Å². The Balaban J connectivity index is 1.66. The number of amides is 1. The van der Waals surface area contributed by atoms with Crippen molar-refractivity contribution in [3.8, 4) is 5.75 Å². The predicted molar refractivity (Wildman–Crippen MR) is 123 cm³/mol. The number of carbonyl (C=O) groups excluding carboxylic acids is 2. The second kappa shape index (κ2) is 10.4. The van der Waals surface area contributed by atoms with Crippen molar-refractivity contribution in [2.24, 2.45) is 0 Å². The molecule has 0 aliphatic carbocycles. The van der Waals surface area contributed by atoms with Gasteiger partial charge in [0, 0.05) is 44.1 Å². The summed E-state index contributed by atoms with van der Waals surface area (Å²) in [5.74, 6) is -0.900. The third-order valence-electron chi connectivity index (χ3n) is 5.82. The monoisotopic (exact) mass is 449 g/mol. The highest BCUT2D eigenvalue weighted by atomic mass is 16.5. The van der Waals surface area contributed by atoms with Crippen molar-refractivity contribution in [1.29, 1.82) is 0 Å². The first-order chi connectivity index (χ1) is 16.1. The van der Waals surface area contributed by atoms with Gasteiger partial charge in [-0.15, -0.1) is 0 Å². The quantitative estimate of drug-likeness (QED) is 0.286. The van der Waals surface area contributed by atoms with Gasteiger partial charge in [0.05, 0.1) is 24.8 Å². The first-order valence-electron chi connectivity index (χ1n) is 10.9. The van der Waals surface area contributed by atoms with Crippen LogP contribution in [-0.2, 0) is 14.3 Å². The molecule has 2 saturated heterocycles. The first kappa shape index (κ1) is 22.7. The molecular formula is C25H27N3O5. The molecule has 8 heteroatoms. The summed E-state index contributed by atoms with van der Waals surface area (Å²) in [6.07, 6.45) is 4.87. The average Bonchev–Trinajstić information content (AvgIpc) is 3.12. The lowest BCUT2D eigenvalue weighted by Crippen LogP contribution is -2.42. The van der Waals surface area contributed by atoms with Crippen LogP contribution >= 0.6 is 0 Å². The number of carbonyl (C=O) groups is 2. The Hall–Kier alpha value is -3.49. The van der Waals surface area contributed by atoms with E-state index >= 15 is 0 Å². The number of aliphatic hydroxyl groups is 1. The van der Waals surface area contributed by atoms with Gasteiger partial charge in [-0.1, -0.05) is 12.7 Å². The van der Waals surface area contributed by atoms with Crippen LogP contribution < -0.4 is 4.74 Å². The highest BCUT2D eigenvalue weighted by Crippen LogP contribution is 2.39. The van der Waals surface area contributed by atoms with Gasteiger partial charge in [0.25, 0.3) is 11.7 Å². The molecule has 8 nitrogen and oxygen atoms in total. The standard InChI is InChI=1S/C25H27N3O5/c1-2-15-33-20-5-3-19(4-6-20)23(29)21-22(18-7-9-26-10-8-18)28(25(31)24(21)30)12-11-27-13-16-32-17-14-27/h2-10,22,29H,1,11-17H2/t22-/m0/s1. The minimum Gasteiger partial charge on any atom is -0.507 e. The molecule has 2 fully saturated rings. The summed E-state index contributed by atoms with van der Waals surface area (Å²) in [6, 6.07) is 9.57. The molecule has 33 heavy (non-hydrogen) atoms. The summed E-state index contributed by atoms with van der Waals surface area (Å²) in [7, 11) is 0. The molecule has 3 heterocycles. The number of morpholine rings is 1. The molecule has 1 N–H and O–H groups in total. The van der Waals surface area contributed by atoms with Crippen LogP contribution in [-0.4, -0.2) is 77.6 Å². The van der Waals surface area contributed by atoms with Crippen molar-refractivity contribution in [2.75, 3.05) is 46.0 Å². The number of ether oxygens (including phenoxy) is 2. The Kier molecular flexibility index (Phi) is 7.16. The summed E-state index contributed by atoms with van der Waals surface area (Å²) < 4.78 is 10.9. The van der Waals surface area contributed by atoms with Gasteiger partial charge < -0.3 is 19.5 Å². The lowest BCUT2D eigenvalue weighted by molar-refractivity contribution is -0.140. The number of nitrogens with zero attached hydrogens (tertiary/aromatic N) is 3. The SMILES string of the molecule is C=CCOc1ccc(C(O)=C2C(=O)C(=O)N(CCN3CCOCC3)[C@H]2c2ccncc2)cc1. The number of Topliss-reactive ketones (excluding diaryl/α,β-unsaturated/α-hetero) is 1. The summed E-state index contributed by atoms with van der Waals surface area (Å²) >= 11 is 0. The number of likely N-dealkylation sites (tertiary alicyclic amines) is 1. The van der Waals surface area contributed by atoms with Gasteiger partial charge >= 0.3 is 0 Å². The van der Waals surface area contributed by atoms with E-state index < -0.39 is 17.7 Å². The summed E-state index contributed by atoms with van der Waals surface area (Å²) in [4.78, 5) is 33.9. The smallest absolute Gasteiger partial charge is 0.295 e. The maximum absolute atomic E-state index is 13.1. The zero-order valence-electron chi connectivity index (χ0n) is 18.4. The van der Waals surface area contributed by atoms with E-state index in [-0.39, 0.29) is 11.3 Å². The highest BCUT2D eigenvalue weighted by molar-refractivity contribution is 6.46. The number of rotatable bonds is 8. The van der Waals surface area contributed by atoms with Gasteiger partial charge in [0.2, 0.25) is 0 Å². The molecule has 2 aliphatic rings. The molecule has 0 radical (unpaired) electrons. The van der Waals surface area contributed by atoms with E-state index in [1.54, 1.807) is 59.8 Å². The summed E-state index contributed by atoms with van der Waals surface area (Å²) in [5, 5.41) is 11.1. The van der Waals surface area contributed by atoms with Crippen molar-refractivity contribution in [1.82, 2.24) is 14.8 Å². The Morgan fingerprint density at radius 1 is 1.12 bits per heavy atom. The van der Waals surface area contributed by atoms with Gasteiger partial charge in [0.15, 0.2) is 0 Å². The minimum atomic E-state index is -0.691. The zero-order chi connectivity index (χ0) is 23.2. The van der Waals surface area contributed by atoms with Crippen LogP contribution in [0, 0.1) is 0 Å². The Morgan fingerprint density at radius 3 is 2.48 bits per heavy atom. The predicted octanol–water partition coefficient (Wildman–Crippen LogP) is 2.40. The van der Waals surface area contributed by atoms with Crippen LogP contribution in [0.15, 0.2) is 67.0 Å². The fourth-order valence-electron chi connectivity index (χ4n) is 4.10. The van der Waals surface area contributed by atoms with E-state index in [9.17, 15) is 14.7 Å². The highest BCUT2D eigenvalue weighted by Gasteiger charge is 2.46. The van der Waals surface area contributed by atoms with E-state index in [0.29, 0.717) is 44.2 Å². The number of pyridine rings is 1. The van der Waals surface area contributed by atoms with Crippen molar-refractivity contribution in [3.05, 3.63) is 78.1 Å². The van der Waals surface area contributed by atoms with Crippen LogP contribution in [0.25, 0.3) is 5.76 Å². The van der Waals surface area contributed by atoms with Crippen LogP contribution in [0.1, 0.15) is 17.2 Å². The fourth-order valence-corrected chi connectivity index (χ4v) is 4.10. The molecule has 0 saturated carbocycles. The number of hydrogen-bond donors (Lipinski definition) is 1. The molecule has 0 bridgehead atoms. The topological polar surface area (TPSA) is 92.2 Å². The normalized spacial score (nSPS) is 20.7. The van der Waals surface area contributed by atoms with Gasteiger partial charge in [-0.2, -0.15) is 0 Å². The number of ketones is 1. The molecule has 1 amide bonds. The van der Waals surface area contributed by atoms with E-state index in [1.165, 1.54) is 0 Å². The Labute approximate surface area is 192 Å². The number of hydrogen-bond acceptors (Lipinski definition) is 7. The van der Waals surface area contributed by atoms with Gasteiger partial charge in [-0.25, -0.2) is 0 Å². The third-order valence-corrected chi connectivity index (χ3v) is 5.82. The summed E-state index contributed by atoms with van der Waals surface area (Å²) in [5.41, 5.74) is 1.23. The Bertz CT molecular complexity index is 1030. The molecule has 1 aromatic heterocycles. The van der Waals surface area contributed by atoms with Crippen LogP contribution in [0.4, 0.5) is 0 Å². The van der Waals surface area contributed by atoms with E-state index in [1.807, 2.05) is 0 Å². The maximum atomic E-state index is 13.1. The van der Waals surface area contributed by atoms with Crippen LogP contribution in [0.2, 0.25) is 0 Å². The largest absolute Gasteiger partial charge is 0.507 e. The second-order valence-electron chi connectivity index (χ2n) is 7.85. The second-order valence-corrected chi connectivity index (χ2v) is 7.85. The minimum absolute atomic E-state index is 0.0768. The molecule has 2 aromatic rings.